The Bertz CT molecular complexity index is 1440. The molecule has 0 radical (unpaired) electrons. The summed E-state index contributed by atoms with van der Waals surface area (Å²) in [5.74, 6) is -0.315. The van der Waals surface area contributed by atoms with Gasteiger partial charge in [0.1, 0.15) is 6.54 Å². The first-order valence-corrected chi connectivity index (χ1v) is 11.8. The molecule has 0 saturated carbocycles. The zero-order valence-electron chi connectivity index (χ0n) is 17.2. The third-order valence-corrected chi connectivity index (χ3v) is 7.20. The molecule has 0 spiro atoms. The molecule has 11 heteroatoms. The number of rotatable bonds is 5. The Balaban J connectivity index is 1.77. The number of carbonyl (C=O) groups is 1. The number of sulfonamides is 1. The summed E-state index contributed by atoms with van der Waals surface area (Å²) in [6, 6.07) is 10.3. The number of fused-ring (bicyclic) bond motifs is 1. The van der Waals surface area contributed by atoms with Gasteiger partial charge in [-0.25, -0.2) is 13.2 Å². The summed E-state index contributed by atoms with van der Waals surface area (Å²) >= 11 is 6.05. The van der Waals surface area contributed by atoms with Crippen LogP contribution in [0.25, 0.3) is 10.9 Å². The Kier molecular flexibility index (Phi) is 5.83. The normalized spacial score (nSPS) is 14.1. The second-order valence-corrected chi connectivity index (χ2v) is 9.67. The van der Waals surface area contributed by atoms with Crippen LogP contribution in [0.1, 0.15) is 12.8 Å². The van der Waals surface area contributed by atoms with E-state index in [2.05, 4.69) is 4.72 Å². The Morgan fingerprint density at radius 3 is 2.47 bits per heavy atom. The topological polar surface area (TPSA) is 110 Å². The first-order chi connectivity index (χ1) is 15.2. The van der Waals surface area contributed by atoms with Crippen molar-refractivity contribution in [1.29, 1.82) is 0 Å². The van der Waals surface area contributed by atoms with Gasteiger partial charge in [0.25, 0.3) is 15.6 Å². The summed E-state index contributed by atoms with van der Waals surface area (Å²) < 4.78 is 30.3. The van der Waals surface area contributed by atoms with Gasteiger partial charge in [-0.05, 0) is 43.2 Å². The van der Waals surface area contributed by atoms with Crippen molar-refractivity contribution < 1.29 is 13.2 Å². The number of anilines is 1. The van der Waals surface area contributed by atoms with Crippen molar-refractivity contribution in [2.45, 2.75) is 24.3 Å². The number of nitrogens with zero attached hydrogens (tertiary/aromatic N) is 3. The fraction of sp³-hybridized carbons (Fsp3) is 0.286. The zero-order chi connectivity index (χ0) is 23.0. The Morgan fingerprint density at radius 2 is 1.78 bits per heavy atom. The van der Waals surface area contributed by atoms with Crippen molar-refractivity contribution in [1.82, 2.24) is 14.0 Å². The fourth-order valence-electron chi connectivity index (χ4n) is 3.75. The minimum Gasteiger partial charge on any atom is -0.341 e. The summed E-state index contributed by atoms with van der Waals surface area (Å²) in [6.07, 6.45) is 1.77. The molecule has 1 aromatic heterocycles. The lowest BCUT2D eigenvalue weighted by Gasteiger charge is -2.17. The lowest BCUT2D eigenvalue weighted by Crippen LogP contribution is -2.43. The molecular weight excluding hydrogens is 456 g/mol. The lowest BCUT2D eigenvalue weighted by molar-refractivity contribution is -0.130. The number of likely N-dealkylation sites (tertiary alicyclic amines) is 1. The molecule has 2 heterocycles. The largest absolute Gasteiger partial charge is 0.341 e. The van der Waals surface area contributed by atoms with Crippen LogP contribution in [0.4, 0.5) is 5.69 Å². The van der Waals surface area contributed by atoms with Crippen LogP contribution in [0.2, 0.25) is 5.02 Å². The third-order valence-electron chi connectivity index (χ3n) is 5.50. The minimum absolute atomic E-state index is 0.0170. The van der Waals surface area contributed by atoms with Gasteiger partial charge in [0.15, 0.2) is 0 Å². The summed E-state index contributed by atoms with van der Waals surface area (Å²) in [6.45, 7) is 0.797. The quantitative estimate of drug-likeness (QED) is 0.603. The van der Waals surface area contributed by atoms with Crippen molar-refractivity contribution in [2.24, 2.45) is 7.05 Å². The number of aryl methyl sites for hydroxylation is 1. The van der Waals surface area contributed by atoms with E-state index in [1.165, 1.54) is 35.9 Å². The molecule has 1 fully saturated rings. The number of benzene rings is 2. The van der Waals surface area contributed by atoms with Crippen LogP contribution in [-0.2, 0) is 28.4 Å². The van der Waals surface area contributed by atoms with E-state index in [4.69, 9.17) is 11.6 Å². The molecule has 1 N–H and O–H groups in total. The van der Waals surface area contributed by atoms with Gasteiger partial charge in [0.05, 0.1) is 26.5 Å². The molecule has 4 rings (SSSR count). The predicted molar refractivity (Wildman–Crippen MR) is 122 cm³/mol. The molecule has 2 aromatic carbocycles. The van der Waals surface area contributed by atoms with E-state index in [9.17, 15) is 22.8 Å². The molecule has 0 atom stereocenters. The molecule has 3 aromatic rings. The zero-order valence-corrected chi connectivity index (χ0v) is 18.8. The second-order valence-electron chi connectivity index (χ2n) is 7.59. The third kappa shape index (κ3) is 4.03. The highest BCUT2D eigenvalue weighted by atomic mass is 35.5. The van der Waals surface area contributed by atoms with Crippen LogP contribution in [0.15, 0.2) is 56.9 Å². The van der Waals surface area contributed by atoms with Crippen molar-refractivity contribution in [3.63, 3.8) is 0 Å². The van der Waals surface area contributed by atoms with Crippen molar-refractivity contribution in [2.75, 3.05) is 17.8 Å². The molecule has 1 amide bonds. The van der Waals surface area contributed by atoms with Crippen LogP contribution in [0.5, 0.6) is 0 Å². The highest BCUT2D eigenvalue weighted by Crippen LogP contribution is 2.25. The molecular formula is C21H21ClN4O5S. The molecule has 9 nitrogen and oxygen atoms in total. The number of aromatic nitrogens is 2. The molecule has 0 bridgehead atoms. The number of carbonyl (C=O) groups excluding carboxylic acids is 1. The molecule has 168 valence electrons. The Labute approximate surface area is 188 Å². The number of hydrogen-bond acceptors (Lipinski definition) is 5. The van der Waals surface area contributed by atoms with Crippen molar-refractivity contribution >= 4 is 44.1 Å². The number of halogens is 1. The standard InChI is InChI=1S/C21H21ClN4O5S/c1-24-18-9-8-14(32(30,31)23-17-7-3-2-6-16(17)22)12-15(18)20(28)26(21(24)29)13-19(27)25-10-4-5-11-25/h2-3,6-9,12,23H,4-5,10-11,13H2,1H3. The number of nitrogens with one attached hydrogen (secondary N) is 1. The molecule has 0 unspecified atom stereocenters. The van der Waals surface area contributed by atoms with Gasteiger partial charge in [0, 0.05) is 20.1 Å². The van der Waals surface area contributed by atoms with E-state index in [0.29, 0.717) is 13.1 Å². The maximum atomic E-state index is 13.1. The van der Waals surface area contributed by atoms with Crippen molar-refractivity contribution in [3.05, 3.63) is 68.3 Å². The predicted octanol–water partition coefficient (Wildman–Crippen LogP) is 1.78. The van der Waals surface area contributed by atoms with E-state index in [-0.39, 0.29) is 32.4 Å². The highest BCUT2D eigenvalue weighted by molar-refractivity contribution is 7.92. The molecule has 32 heavy (non-hydrogen) atoms. The van der Waals surface area contributed by atoms with Crippen molar-refractivity contribution in [3.8, 4) is 0 Å². The van der Waals surface area contributed by atoms with E-state index in [0.717, 1.165) is 17.4 Å². The SMILES string of the molecule is Cn1c(=O)n(CC(=O)N2CCCC2)c(=O)c2cc(S(=O)(=O)Nc3ccccc3Cl)ccc21. The van der Waals surface area contributed by atoms with E-state index < -0.39 is 27.8 Å². The first kappa shape index (κ1) is 22.1. The van der Waals surface area contributed by atoms with E-state index in [1.807, 2.05) is 0 Å². The van der Waals surface area contributed by atoms with Gasteiger partial charge in [-0.3, -0.25) is 23.4 Å². The maximum absolute atomic E-state index is 13.1. The summed E-state index contributed by atoms with van der Waals surface area (Å²) in [4.78, 5) is 39.8. The lowest BCUT2D eigenvalue weighted by atomic mass is 10.2. The van der Waals surface area contributed by atoms with Crippen LogP contribution in [-0.4, -0.2) is 41.4 Å². The average Bonchev–Trinajstić information content (AvgIpc) is 3.31. The molecule has 0 aliphatic carbocycles. The fourth-order valence-corrected chi connectivity index (χ4v) is 5.10. The van der Waals surface area contributed by atoms with E-state index in [1.54, 1.807) is 23.1 Å². The number of para-hydroxylation sites is 1. The van der Waals surface area contributed by atoms with Gasteiger partial charge < -0.3 is 4.90 Å². The van der Waals surface area contributed by atoms with Crippen LogP contribution < -0.4 is 16.0 Å². The highest BCUT2D eigenvalue weighted by Gasteiger charge is 2.22. The monoisotopic (exact) mass is 476 g/mol. The van der Waals surface area contributed by atoms with Crippen LogP contribution in [0.3, 0.4) is 0 Å². The smallest absolute Gasteiger partial charge is 0.331 e. The average molecular weight is 477 g/mol. The second kappa shape index (κ2) is 8.44. The molecule has 1 aliphatic rings. The first-order valence-electron chi connectivity index (χ1n) is 9.98. The molecule has 1 aliphatic heterocycles. The van der Waals surface area contributed by atoms with Gasteiger partial charge in [-0.15, -0.1) is 0 Å². The Morgan fingerprint density at radius 1 is 1.09 bits per heavy atom. The van der Waals surface area contributed by atoms with Gasteiger partial charge in [-0.1, -0.05) is 23.7 Å². The van der Waals surface area contributed by atoms with Gasteiger partial charge in [0.2, 0.25) is 5.91 Å². The van der Waals surface area contributed by atoms with Crippen LogP contribution >= 0.6 is 11.6 Å². The summed E-state index contributed by atoms with van der Waals surface area (Å²) in [5.41, 5.74) is -0.893. The Hall–Kier alpha value is -3.11. The minimum atomic E-state index is -4.06. The van der Waals surface area contributed by atoms with Gasteiger partial charge >= 0.3 is 5.69 Å². The summed E-state index contributed by atoms with van der Waals surface area (Å²) in [7, 11) is -2.59. The van der Waals surface area contributed by atoms with Crippen LogP contribution in [0, 0.1) is 0 Å². The number of hydrogen-bond donors (Lipinski definition) is 1. The van der Waals surface area contributed by atoms with Gasteiger partial charge in [-0.2, -0.15) is 0 Å². The van der Waals surface area contributed by atoms with E-state index >= 15 is 0 Å². The number of amides is 1. The maximum Gasteiger partial charge on any atom is 0.331 e. The summed E-state index contributed by atoms with van der Waals surface area (Å²) in [5, 5.41) is 0.241. The molecule has 1 saturated heterocycles.